The predicted octanol–water partition coefficient (Wildman–Crippen LogP) is 13.0. The molecule has 2 heterocycles. The minimum atomic E-state index is -0.162. The lowest BCUT2D eigenvalue weighted by atomic mass is 9.81. The summed E-state index contributed by atoms with van der Waals surface area (Å²) in [6.07, 6.45) is 0. The molecule has 1 aliphatic carbocycles. The fraction of sp³-hybridized carbons (Fsp3) is 0.106. The number of aryl methyl sites for hydroxylation is 2. The zero-order valence-corrected chi connectivity index (χ0v) is 29.5. The van der Waals surface area contributed by atoms with Crippen LogP contribution >= 0.6 is 11.8 Å². The first kappa shape index (κ1) is 29.4. The van der Waals surface area contributed by atoms with Gasteiger partial charge in [0.25, 0.3) is 0 Å². The van der Waals surface area contributed by atoms with Crippen LogP contribution < -0.4 is 0 Å². The first-order valence-electron chi connectivity index (χ1n) is 17.4. The van der Waals surface area contributed by atoms with Crippen molar-refractivity contribution in [2.45, 2.75) is 42.9 Å². The van der Waals surface area contributed by atoms with Gasteiger partial charge in [-0.1, -0.05) is 111 Å². The van der Waals surface area contributed by atoms with E-state index in [1.807, 2.05) is 11.8 Å². The molecular formula is C47H36N2S. The number of aromatic nitrogens is 2. The molecule has 9 aromatic rings. The normalized spacial score (nSPS) is 13.4. The summed E-state index contributed by atoms with van der Waals surface area (Å²) >= 11 is 1.92. The Hall–Kier alpha value is -5.51. The molecule has 0 N–H and O–H groups in total. The lowest BCUT2D eigenvalue weighted by Crippen LogP contribution is -2.16. The van der Waals surface area contributed by atoms with Gasteiger partial charge < -0.3 is 9.13 Å². The van der Waals surface area contributed by atoms with Crippen molar-refractivity contribution in [3.8, 4) is 22.5 Å². The van der Waals surface area contributed by atoms with Crippen LogP contribution in [0.2, 0.25) is 0 Å². The van der Waals surface area contributed by atoms with Gasteiger partial charge in [-0.15, -0.1) is 0 Å². The second kappa shape index (κ2) is 10.7. The quantitative estimate of drug-likeness (QED) is 0.183. The van der Waals surface area contributed by atoms with Gasteiger partial charge in [0, 0.05) is 48.1 Å². The van der Waals surface area contributed by atoms with Crippen molar-refractivity contribution in [1.29, 1.82) is 0 Å². The van der Waals surface area contributed by atoms with E-state index in [2.05, 4.69) is 182 Å². The van der Waals surface area contributed by atoms with Gasteiger partial charge in [-0.2, -0.15) is 0 Å². The molecule has 240 valence electrons. The zero-order valence-electron chi connectivity index (χ0n) is 28.7. The molecule has 2 aromatic heterocycles. The Morgan fingerprint density at radius 2 is 1.08 bits per heavy atom. The van der Waals surface area contributed by atoms with Crippen molar-refractivity contribution in [3.63, 3.8) is 0 Å². The highest BCUT2D eigenvalue weighted by Crippen LogP contribution is 2.55. The number of nitrogens with zero attached hydrogens (tertiary/aromatic N) is 2. The van der Waals surface area contributed by atoms with E-state index in [-0.39, 0.29) is 5.41 Å². The third-order valence-corrected chi connectivity index (χ3v) is 12.4. The minimum Gasteiger partial charge on any atom is -0.309 e. The molecule has 10 rings (SSSR count). The highest BCUT2D eigenvalue weighted by molar-refractivity contribution is 7.99. The Morgan fingerprint density at radius 3 is 1.82 bits per heavy atom. The molecule has 7 aromatic carbocycles. The maximum Gasteiger partial charge on any atom is 0.0544 e. The summed E-state index contributed by atoms with van der Waals surface area (Å²) in [5.41, 5.74) is 15.3. The molecule has 2 nitrogen and oxygen atoms in total. The fourth-order valence-corrected chi connectivity index (χ4v) is 9.86. The third-order valence-electron chi connectivity index (χ3n) is 11.0. The van der Waals surface area contributed by atoms with Gasteiger partial charge in [0.05, 0.1) is 22.1 Å². The summed E-state index contributed by atoms with van der Waals surface area (Å²) in [7, 11) is 0. The topological polar surface area (TPSA) is 9.86 Å². The van der Waals surface area contributed by atoms with E-state index in [0.717, 1.165) is 0 Å². The second-order valence-corrected chi connectivity index (χ2v) is 15.3. The third kappa shape index (κ3) is 4.10. The fourth-order valence-electron chi connectivity index (χ4n) is 8.57. The summed E-state index contributed by atoms with van der Waals surface area (Å²) in [4.78, 5) is 2.71. The molecule has 0 saturated heterocycles. The number of fused-ring (bicyclic) bond motifs is 9. The van der Waals surface area contributed by atoms with Crippen molar-refractivity contribution < 1.29 is 0 Å². The van der Waals surface area contributed by atoms with Crippen LogP contribution in [0.25, 0.3) is 66.1 Å². The SMILES string of the molecule is Cc1ccccc1Sc1c(C)ccc2c1C(C)(C)c1cc3c(cc1-2)c1ccccc1n3-c1ccc2c(c1)c1ccccc1n2-c1ccccc1. The van der Waals surface area contributed by atoms with Crippen LogP contribution in [0.5, 0.6) is 0 Å². The van der Waals surface area contributed by atoms with Crippen molar-refractivity contribution >= 4 is 55.4 Å². The maximum absolute atomic E-state index is 2.50. The van der Waals surface area contributed by atoms with Gasteiger partial charge in [-0.25, -0.2) is 0 Å². The average molecular weight is 661 g/mol. The monoisotopic (exact) mass is 660 g/mol. The van der Waals surface area contributed by atoms with Crippen LogP contribution in [0.4, 0.5) is 0 Å². The van der Waals surface area contributed by atoms with E-state index in [9.17, 15) is 0 Å². The Labute approximate surface area is 296 Å². The number of benzene rings is 7. The van der Waals surface area contributed by atoms with Crippen LogP contribution in [-0.2, 0) is 5.41 Å². The predicted molar refractivity (Wildman–Crippen MR) is 213 cm³/mol. The molecule has 0 radical (unpaired) electrons. The summed E-state index contributed by atoms with van der Waals surface area (Å²) in [6.45, 7) is 9.32. The number of hydrogen-bond donors (Lipinski definition) is 0. The van der Waals surface area contributed by atoms with E-state index in [4.69, 9.17) is 0 Å². The smallest absolute Gasteiger partial charge is 0.0544 e. The van der Waals surface area contributed by atoms with E-state index < -0.39 is 0 Å². The minimum absolute atomic E-state index is 0.162. The first-order chi connectivity index (χ1) is 24.4. The molecule has 50 heavy (non-hydrogen) atoms. The van der Waals surface area contributed by atoms with Crippen LogP contribution in [0.3, 0.4) is 0 Å². The van der Waals surface area contributed by atoms with Gasteiger partial charge in [0.2, 0.25) is 0 Å². The van der Waals surface area contributed by atoms with Gasteiger partial charge in [0.1, 0.15) is 0 Å². The highest BCUT2D eigenvalue weighted by atomic mass is 32.2. The van der Waals surface area contributed by atoms with E-state index in [1.165, 1.54) is 98.2 Å². The van der Waals surface area contributed by atoms with E-state index >= 15 is 0 Å². The molecule has 0 aliphatic heterocycles. The number of hydrogen-bond acceptors (Lipinski definition) is 1. The van der Waals surface area contributed by atoms with Crippen molar-refractivity contribution in [2.24, 2.45) is 0 Å². The maximum atomic E-state index is 2.50. The van der Waals surface area contributed by atoms with Crippen LogP contribution in [0, 0.1) is 13.8 Å². The Balaban J connectivity index is 1.21. The Kier molecular flexibility index (Phi) is 6.32. The van der Waals surface area contributed by atoms with Gasteiger partial charge in [-0.05, 0) is 108 Å². The molecule has 1 aliphatic rings. The molecular weight excluding hydrogens is 625 g/mol. The summed E-state index contributed by atoms with van der Waals surface area (Å²) in [5.74, 6) is 0. The number of rotatable bonds is 4. The average Bonchev–Trinajstić information content (AvgIpc) is 3.72. The largest absolute Gasteiger partial charge is 0.309 e. The standard InChI is InChI=1S/C47H36N2S/c1-29-14-8-13-21-44(29)50-46-30(2)22-24-35-36-27-38-34-18-10-12-20-41(34)49(43(38)28-39(36)47(3,4)45(35)46)32-23-25-42-37(26-32)33-17-9-11-19-40(33)48(42)31-15-6-5-7-16-31/h5-28H,1-4H3. The van der Waals surface area contributed by atoms with Crippen molar-refractivity contribution in [2.75, 3.05) is 0 Å². The van der Waals surface area contributed by atoms with Gasteiger partial charge in [-0.3, -0.25) is 0 Å². The lowest BCUT2D eigenvalue weighted by Gasteiger charge is -2.25. The lowest BCUT2D eigenvalue weighted by molar-refractivity contribution is 0.646. The van der Waals surface area contributed by atoms with E-state index in [0.29, 0.717) is 0 Å². The van der Waals surface area contributed by atoms with Gasteiger partial charge in [0.15, 0.2) is 0 Å². The summed E-state index contributed by atoms with van der Waals surface area (Å²) < 4.78 is 4.88. The van der Waals surface area contributed by atoms with Gasteiger partial charge >= 0.3 is 0 Å². The molecule has 0 spiro atoms. The van der Waals surface area contributed by atoms with Crippen molar-refractivity contribution in [1.82, 2.24) is 9.13 Å². The molecule has 3 heteroatoms. The zero-order chi connectivity index (χ0) is 33.7. The first-order valence-corrected chi connectivity index (χ1v) is 18.3. The highest BCUT2D eigenvalue weighted by Gasteiger charge is 2.39. The second-order valence-electron chi connectivity index (χ2n) is 14.3. The summed E-state index contributed by atoms with van der Waals surface area (Å²) in [5, 5.41) is 5.10. The molecule has 0 atom stereocenters. The Bertz CT molecular complexity index is 2830. The summed E-state index contributed by atoms with van der Waals surface area (Å²) in [6, 6.07) is 53.8. The Morgan fingerprint density at radius 1 is 0.460 bits per heavy atom. The number of para-hydroxylation sites is 3. The molecule has 0 unspecified atom stereocenters. The van der Waals surface area contributed by atoms with E-state index in [1.54, 1.807) is 0 Å². The molecule has 0 amide bonds. The molecule has 0 fully saturated rings. The van der Waals surface area contributed by atoms with Crippen LogP contribution in [0.1, 0.15) is 36.1 Å². The van der Waals surface area contributed by atoms with Crippen LogP contribution in [-0.4, -0.2) is 9.13 Å². The van der Waals surface area contributed by atoms with Crippen molar-refractivity contribution in [3.05, 3.63) is 168 Å². The van der Waals surface area contributed by atoms with Crippen LogP contribution in [0.15, 0.2) is 155 Å². The molecule has 0 saturated carbocycles. The molecule has 0 bridgehead atoms.